The second-order valence-electron chi connectivity index (χ2n) is 4.63. The van der Waals surface area contributed by atoms with E-state index >= 15 is 0 Å². The van der Waals surface area contributed by atoms with Gasteiger partial charge in [-0.1, -0.05) is 18.2 Å². The van der Waals surface area contributed by atoms with Gasteiger partial charge >= 0.3 is 5.97 Å². The van der Waals surface area contributed by atoms with Crippen LogP contribution in [-0.2, 0) is 11.2 Å². The summed E-state index contributed by atoms with van der Waals surface area (Å²) in [5.74, 6) is -0.0770. The molecular weight excluding hydrogens is 254 g/mol. The number of aliphatic carboxylic acids is 1. The quantitative estimate of drug-likeness (QED) is 0.877. The molecule has 4 heteroatoms. The number of nitrogens with zero attached hydrogens (tertiary/aromatic N) is 1. The maximum absolute atomic E-state index is 11.0. The summed E-state index contributed by atoms with van der Waals surface area (Å²) in [4.78, 5) is 15.1. The van der Waals surface area contributed by atoms with E-state index in [0.29, 0.717) is 6.42 Å². The number of pyridine rings is 1. The number of benzene rings is 1. The van der Waals surface area contributed by atoms with Crippen LogP contribution in [0.2, 0.25) is 0 Å². The molecule has 0 radical (unpaired) electrons. The van der Waals surface area contributed by atoms with Crippen molar-refractivity contribution >= 4 is 5.97 Å². The molecule has 20 heavy (non-hydrogen) atoms. The van der Waals surface area contributed by atoms with Crippen LogP contribution in [-0.4, -0.2) is 23.2 Å². The van der Waals surface area contributed by atoms with E-state index in [2.05, 4.69) is 4.98 Å². The fourth-order valence-corrected chi connectivity index (χ4v) is 2.18. The first kappa shape index (κ1) is 14.1. The highest BCUT2D eigenvalue weighted by Crippen LogP contribution is 2.24. The van der Waals surface area contributed by atoms with Gasteiger partial charge in [-0.15, -0.1) is 0 Å². The third kappa shape index (κ3) is 3.82. The molecule has 0 unspecified atom stereocenters. The lowest BCUT2D eigenvalue weighted by Gasteiger charge is -2.15. The van der Waals surface area contributed by atoms with Gasteiger partial charge in [-0.05, 0) is 41.7 Å². The van der Waals surface area contributed by atoms with Crippen LogP contribution in [0.5, 0.6) is 5.75 Å². The number of ether oxygens (including phenoxy) is 1. The van der Waals surface area contributed by atoms with Gasteiger partial charge in [0.05, 0.1) is 13.5 Å². The van der Waals surface area contributed by atoms with E-state index in [-0.39, 0.29) is 12.3 Å². The summed E-state index contributed by atoms with van der Waals surface area (Å²) in [6.45, 7) is 0. The average Bonchev–Trinajstić information content (AvgIpc) is 2.48. The van der Waals surface area contributed by atoms with Crippen LogP contribution < -0.4 is 4.74 Å². The summed E-state index contributed by atoms with van der Waals surface area (Å²) >= 11 is 0. The summed E-state index contributed by atoms with van der Waals surface area (Å²) < 4.78 is 5.12. The Labute approximate surface area is 118 Å². The van der Waals surface area contributed by atoms with E-state index in [1.54, 1.807) is 19.5 Å². The zero-order valence-electron chi connectivity index (χ0n) is 11.3. The zero-order chi connectivity index (χ0) is 14.4. The molecule has 0 saturated heterocycles. The molecule has 1 N–H and O–H groups in total. The number of carbonyl (C=O) groups is 1. The molecule has 0 bridgehead atoms. The lowest BCUT2D eigenvalue weighted by molar-refractivity contribution is -0.137. The molecule has 0 spiro atoms. The molecule has 0 saturated carbocycles. The van der Waals surface area contributed by atoms with Crippen molar-refractivity contribution in [3.05, 3.63) is 59.9 Å². The Morgan fingerprint density at radius 2 is 2.05 bits per heavy atom. The van der Waals surface area contributed by atoms with Crippen LogP contribution in [0.25, 0.3) is 0 Å². The van der Waals surface area contributed by atoms with E-state index in [1.807, 2.05) is 36.4 Å². The molecule has 4 nitrogen and oxygen atoms in total. The lowest BCUT2D eigenvalue weighted by Crippen LogP contribution is -2.09. The Morgan fingerprint density at radius 3 is 2.60 bits per heavy atom. The number of hydrogen-bond donors (Lipinski definition) is 1. The van der Waals surface area contributed by atoms with E-state index in [9.17, 15) is 4.79 Å². The largest absolute Gasteiger partial charge is 0.497 e. The van der Waals surface area contributed by atoms with Crippen molar-refractivity contribution in [2.24, 2.45) is 0 Å². The van der Waals surface area contributed by atoms with Crippen LogP contribution in [0, 0.1) is 0 Å². The van der Waals surface area contributed by atoms with Gasteiger partial charge in [0.1, 0.15) is 5.75 Å². The van der Waals surface area contributed by atoms with E-state index < -0.39 is 5.97 Å². The van der Waals surface area contributed by atoms with E-state index in [4.69, 9.17) is 9.84 Å². The lowest BCUT2D eigenvalue weighted by atomic mass is 9.90. The van der Waals surface area contributed by atoms with Crippen LogP contribution in [0.3, 0.4) is 0 Å². The monoisotopic (exact) mass is 271 g/mol. The smallest absolute Gasteiger partial charge is 0.303 e. The predicted octanol–water partition coefficient (Wildman–Crippen LogP) is 2.89. The molecule has 2 aromatic rings. The molecule has 1 atom stereocenters. The number of carboxylic acid groups (broad SMARTS) is 1. The van der Waals surface area contributed by atoms with Crippen molar-refractivity contribution in [2.75, 3.05) is 7.11 Å². The highest BCUT2D eigenvalue weighted by atomic mass is 16.5. The standard InChI is InChI=1S/C16H17NO3/c1-20-15-6-4-12(5-7-15)9-14(10-16(18)19)13-3-2-8-17-11-13/h2-8,11,14H,9-10H2,1H3,(H,18,19)/t14-/m0/s1. The maximum atomic E-state index is 11.0. The molecular formula is C16H17NO3. The molecule has 0 aliphatic heterocycles. The summed E-state index contributed by atoms with van der Waals surface area (Å²) in [6, 6.07) is 11.4. The van der Waals surface area contributed by atoms with Crippen LogP contribution in [0.1, 0.15) is 23.5 Å². The highest BCUT2D eigenvalue weighted by molar-refractivity contribution is 5.68. The van der Waals surface area contributed by atoms with Gasteiger partial charge in [0, 0.05) is 12.4 Å². The van der Waals surface area contributed by atoms with Gasteiger partial charge in [0.15, 0.2) is 0 Å². The molecule has 2 rings (SSSR count). The fraction of sp³-hybridized carbons (Fsp3) is 0.250. The molecule has 1 heterocycles. The number of hydrogen-bond acceptors (Lipinski definition) is 3. The van der Waals surface area contributed by atoms with Gasteiger partial charge in [0.25, 0.3) is 0 Å². The van der Waals surface area contributed by atoms with E-state index in [1.165, 1.54) is 0 Å². The minimum Gasteiger partial charge on any atom is -0.497 e. The molecule has 0 fully saturated rings. The third-order valence-corrected chi connectivity index (χ3v) is 3.22. The fourth-order valence-electron chi connectivity index (χ4n) is 2.18. The number of aromatic nitrogens is 1. The summed E-state index contributed by atoms with van der Waals surface area (Å²) in [5, 5.41) is 9.06. The van der Waals surface area contributed by atoms with Crippen molar-refractivity contribution in [1.82, 2.24) is 4.98 Å². The predicted molar refractivity (Wildman–Crippen MR) is 75.9 cm³/mol. The summed E-state index contributed by atoms with van der Waals surface area (Å²) in [5.41, 5.74) is 2.03. The van der Waals surface area contributed by atoms with Gasteiger partial charge < -0.3 is 9.84 Å². The third-order valence-electron chi connectivity index (χ3n) is 3.22. The second-order valence-corrected chi connectivity index (χ2v) is 4.63. The summed E-state index contributed by atoms with van der Waals surface area (Å²) in [7, 11) is 1.62. The normalized spacial score (nSPS) is 11.8. The molecule has 0 aliphatic rings. The first-order valence-electron chi connectivity index (χ1n) is 6.43. The van der Waals surface area contributed by atoms with Crippen molar-refractivity contribution in [3.8, 4) is 5.75 Å². The molecule has 1 aromatic heterocycles. The van der Waals surface area contributed by atoms with Gasteiger partial charge in [-0.25, -0.2) is 0 Å². The van der Waals surface area contributed by atoms with Crippen molar-refractivity contribution in [2.45, 2.75) is 18.8 Å². The summed E-state index contributed by atoms with van der Waals surface area (Å²) in [6.07, 6.45) is 4.19. The molecule has 0 amide bonds. The topological polar surface area (TPSA) is 59.4 Å². The molecule has 0 aliphatic carbocycles. The van der Waals surface area contributed by atoms with Crippen LogP contribution in [0.15, 0.2) is 48.8 Å². The SMILES string of the molecule is COc1ccc(C[C@@H](CC(=O)O)c2cccnc2)cc1. The Balaban J connectivity index is 2.16. The Kier molecular flexibility index (Phi) is 4.71. The van der Waals surface area contributed by atoms with Crippen molar-refractivity contribution < 1.29 is 14.6 Å². The second kappa shape index (κ2) is 6.70. The van der Waals surface area contributed by atoms with Crippen molar-refractivity contribution in [3.63, 3.8) is 0 Å². The first-order valence-corrected chi connectivity index (χ1v) is 6.43. The average molecular weight is 271 g/mol. The van der Waals surface area contributed by atoms with Crippen molar-refractivity contribution in [1.29, 1.82) is 0 Å². The number of rotatable bonds is 6. The Morgan fingerprint density at radius 1 is 1.30 bits per heavy atom. The van der Waals surface area contributed by atoms with Crippen LogP contribution >= 0.6 is 0 Å². The highest BCUT2D eigenvalue weighted by Gasteiger charge is 2.16. The molecule has 1 aromatic carbocycles. The minimum atomic E-state index is -0.799. The van der Waals surface area contributed by atoms with Gasteiger partial charge in [-0.3, -0.25) is 9.78 Å². The minimum absolute atomic E-state index is 0.0744. The van der Waals surface area contributed by atoms with E-state index in [0.717, 1.165) is 16.9 Å². The Hall–Kier alpha value is -2.36. The molecule has 104 valence electrons. The zero-order valence-corrected chi connectivity index (χ0v) is 11.3. The number of carboxylic acids is 1. The first-order chi connectivity index (χ1) is 9.69. The maximum Gasteiger partial charge on any atom is 0.303 e. The Bertz CT molecular complexity index is 552. The van der Waals surface area contributed by atoms with Crippen LogP contribution in [0.4, 0.5) is 0 Å². The van der Waals surface area contributed by atoms with Gasteiger partial charge in [-0.2, -0.15) is 0 Å². The number of methoxy groups -OCH3 is 1. The van der Waals surface area contributed by atoms with Gasteiger partial charge in [0.2, 0.25) is 0 Å².